The van der Waals surface area contributed by atoms with Crippen LogP contribution in [0.4, 0.5) is 4.39 Å². The largest absolute Gasteiger partial charge is 0.494 e. The van der Waals surface area contributed by atoms with Gasteiger partial charge >= 0.3 is 6.01 Å². The van der Waals surface area contributed by atoms with Crippen LogP contribution in [-0.2, 0) is 6.61 Å². The number of hydrogen-bond acceptors (Lipinski definition) is 4. The molecule has 0 aliphatic heterocycles. The molecule has 3 rings (SSSR count). The van der Waals surface area contributed by atoms with Crippen molar-refractivity contribution in [3.8, 4) is 11.8 Å². The average Bonchev–Trinajstić information content (AvgIpc) is 2.88. The van der Waals surface area contributed by atoms with Crippen molar-refractivity contribution < 1.29 is 13.9 Å². The minimum atomic E-state index is -0.417. The Morgan fingerprint density at radius 3 is 2.90 bits per heavy atom. The topological polar surface area (TPSA) is 48.7 Å². The van der Waals surface area contributed by atoms with Crippen LogP contribution < -0.4 is 9.47 Å². The molecule has 0 spiro atoms. The van der Waals surface area contributed by atoms with Gasteiger partial charge in [-0.1, -0.05) is 17.2 Å². The van der Waals surface area contributed by atoms with Crippen LogP contribution in [0, 0.1) is 5.82 Å². The Morgan fingerprint density at radius 2 is 2.10 bits per heavy atom. The summed E-state index contributed by atoms with van der Waals surface area (Å²) in [5.74, 6) is -0.207. The van der Waals surface area contributed by atoms with Crippen molar-refractivity contribution in [1.82, 2.24) is 14.6 Å². The van der Waals surface area contributed by atoms with Gasteiger partial charge in [0.05, 0.1) is 7.11 Å². The summed E-state index contributed by atoms with van der Waals surface area (Å²) < 4.78 is 25.7. The van der Waals surface area contributed by atoms with Crippen LogP contribution in [0.25, 0.3) is 5.65 Å². The zero-order valence-corrected chi connectivity index (χ0v) is 10.8. The van der Waals surface area contributed by atoms with E-state index in [9.17, 15) is 4.39 Å². The van der Waals surface area contributed by atoms with Gasteiger partial charge < -0.3 is 9.47 Å². The molecule has 20 heavy (non-hydrogen) atoms. The van der Waals surface area contributed by atoms with Crippen molar-refractivity contribution >= 4 is 5.65 Å². The Labute approximate surface area is 114 Å². The zero-order chi connectivity index (χ0) is 13.9. The summed E-state index contributed by atoms with van der Waals surface area (Å²) in [6.07, 6.45) is 1.80. The first-order chi connectivity index (χ1) is 9.78. The van der Waals surface area contributed by atoms with E-state index in [1.54, 1.807) is 22.7 Å². The molecule has 0 bridgehead atoms. The molecule has 0 radical (unpaired) electrons. The Balaban J connectivity index is 1.78. The molecule has 0 aliphatic carbocycles. The van der Waals surface area contributed by atoms with Gasteiger partial charge in [-0.05, 0) is 29.8 Å². The molecule has 2 heterocycles. The third kappa shape index (κ3) is 2.27. The van der Waals surface area contributed by atoms with E-state index < -0.39 is 5.82 Å². The third-order valence-electron chi connectivity index (χ3n) is 2.87. The second-order valence-electron chi connectivity index (χ2n) is 4.17. The lowest BCUT2D eigenvalue weighted by atomic mass is 10.2. The van der Waals surface area contributed by atoms with E-state index in [0.717, 1.165) is 0 Å². The van der Waals surface area contributed by atoms with Crippen molar-refractivity contribution in [2.24, 2.45) is 0 Å². The van der Waals surface area contributed by atoms with Crippen LogP contribution in [0.1, 0.15) is 5.56 Å². The van der Waals surface area contributed by atoms with Gasteiger partial charge in [-0.15, -0.1) is 5.10 Å². The minimum absolute atomic E-state index is 0.205. The quantitative estimate of drug-likeness (QED) is 0.732. The first-order valence-electron chi connectivity index (χ1n) is 6.03. The molecular formula is C14H12FN3O2. The van der Waals surface area contributed by atoms with Gasteiger partial charge in [0.2, 0.25) is 0 Å². The number of nitrogens with zero attached hydrogens (tertiary/aromatic N) is 3. The lowest BCUT2D eigenvalue weighted by Crippen LogP contribution is -2.00. The Bertz CT molecular complexity index is 742. The van der Waals surface area contributed by atoms with E-state index in [1.165, 1.54) is 13.2 Å². The summed E-state index contributed by atoms with van der Waals surface area (Å²) in [4.78, 5) is 0. The molecule has 1 aromatic carbocycles. The maximum Gasteiger partial charge on any atom is 0.321 e. The van der Waals surface area contributed by atoms with Gasteiger partial charge in [0.1, 0.15) is 6.61 Å². The van der Waals surface area contributed by atoms with Crippen LogP contribution in [0.15, 0.2) is 42.6 Å². The molecule has 0 saturated carbocycles. The minimum Gasteiger partial charge on any atom is -0.494 e. The van der Waals surface area contributed by atoms with Gasteiger partial charge in [0, 0.05) is 6.20 Å². The summed E-state index contributed by atoms with van der Waals surface area (Å²) >= 11 is 0. The van der Waals surface area contributed by atoms with E-state index in [-0.39, 0.29) is 12.4 Å². The van der Waals surface area contributed by atoms with Crippen LogP contribution in [0.3, 0.4) is 0 Å². The number of aromatic nitrogens is 3. The van der Waals surface area contributed by atoms with Crippen LogP contribution in [0.2, 0.25) is 0 Å². The predicted octanol–water partition coefficient (Wildman–Crippen LogP) is 2.46. The molecule has 102 valence electrons. The fraction of sp³-hybridized carbons (Fsp3) is 0.143. The number of pyridine rings is 1. The van der Waals surface area contributed by atoms with E-state index in [2.05, 4.69) is 10.2 Å². The summed E-state index contributed by atoms with van der Waals surface area (Å²) in [6, 6.07) is 10.6. The van der Waals surface area contributed by atoms with Crippen molar-refractivity contribution in [3.05, 3.63) is 54.0 Å². The number of ether oxygens (including phenoxy) is 2. The second-order valence-corrected chi connectivity index (χ2v) is 4.17. The number of fused-ring (bicyclic) bond motifs is 1. The summed E-state index contributed by atoms with van der Waals surface area (Å²) in [7, 11) is 1.43. The van der Waals surface area contributed by atoms with E-state index in [1.807, 2.05) is 18.2 Å². The van der Waals surface area contributed by atoms with Crippen LogP contribution in [-0.4, -0.2) is 21.7 Å². The molecule has 0 unspecified atom stereocenters. The second kappa shape index (κ2) is 5.16. The first kappa shape index (κ1) is 12.4. The lowest BCUT2D eigenvalue weighted by molar-refractivity contribution is 0.276. The Kier molecular flexibility index (Phi) is 3.20. The lowest BCUT2D eigenvalue weighted by Gasteiger charge is -2.06. The van der Waals surface area contributed by atoms with Crippen molar-refractivity contribution in [2.75, 3.05) is 7.11 Å². The Morgan fingerprint density at radius 1 is 1.20 bits per heavy atom. The summed E-state index contributed by atoms with van der Waals surface area (Å²) in [6.45, 7) is 0.205. The summed E-state index contributed by atoms with van der Waals surface area (Å²) in [5, 5.41) is 7.91. The molecule has 0 fully saturated rings. The fourth-order valence-electron chi connectivity index (χ4n) is 1.87. The molecule has 0 aliphatic rings. The van der Waals surface area contributed by atoms with Crippen molar-refractivity contribution in [3.63, 3.8) is 0 Å². The van der Waals surface area contributed by atoms with Gasteiger partial charge in [0.25, 0.3) is 0 Å². The molecular weight excluding hydrogens is 261 g/mol. The van der Waals surface area contributed by atoms with Crippen LogP contribution in [0.5, 0.6) is 11.8 Å². The highest BCUT2D eigenvalue weighted by atomic mass is 19.1. The number of halogens is 1. The highest BCUT2D eigenvalue weighted by Gasteiger charge is 2.07. The first-order valence-corrected chi connectivity index (χ1v) is 6.03. The zero-order valence-electron chi connectivity index (χ0n) is 10.8. The maximum absolute atomic E-state index is 13.6. The molecule has 0 atom stereocenters. The van der Waals surface area contributed by atoms with Crippen LogP contribution >= 0.6 is 0 Å². The highest BCUT2D eigenvalue weighted by molar-refractivity contribution is 5.38. The number of methoxy groups -OCH3 is 1. The van der Waals surface area contributed by atoms with E-state index >= 15 is 0 Å². The van der Waals surface area contributed by atoms with Gasteiger partial charge in [-0.25, -0.2) is 4.39 Å². The average molecular weight is 273 g/mol. The fourth-order valence-corrected chi connectivity index (χ4v) is 1.87. The number of hydrogen-bond donors (Lipinski definition) is 0. The van der Waals surface area contributed by atoms with Gasteiger partial charge in [-0.2, -0.15) is 0 Å². The van der Waals surface area contributed by atoms with E-state index in [4.69, 9.17) is 9.47 Å². The standard InChI is InChI=1S/C14H12FN3O2/c1-19-12-6-5-10(8-11(12)15)9-20-14-17-16-13-4-2-3-7-18(13)14/h2-8H,9H2,1H3. The SMILES string of the molecule is COc1ccc(COc2nnc3ccccn23)cc1F. The molecule has 3 aromatic rings. The molecule has 0 N–H and O–H groups in total. The maximum atomic E-state index is 13.6. The number of rotatable bonds is 4. The van der Waals surface area contributed by atoms with Gasteiger partial charge in [0.15, 0.2) is 17.2 Å². The van der Waals surface area contributed by atoms with Gasteiger partial charge in [-0.3, -0.25) is 4.40 Å². The Hall–Kier alpha value is -2.63. The third-order valence-corrected chi connectivity index (χ3v) is 2.87. The summed E-state index contributed by atoms with van der Waals surface area (Å²) in [5.41, 5.74) is 1.39. The van der Waals surface area contributed by atoms with Crippen molar-refractivity contribution in [2.45, 2.75) is 6.61 Å². The number of benzene rings is 1. The van der Waals surface area contributed by atoms with Crippen molar-refractivity contribution in [1.29, 1.82) is 0 Å². The molecule has 6 heteroatoms. The predicted molar refractivity (Wildman–Crippen MR) is 70.3 cm³/mol. The normalized spacial score (nSPS) is 10.7. The smallest absolute Gasteiger partial charge is 0.321 e. The highest BCUT2D eigenvalue weighted by Crippen LogP contribution is 2.19. The molecule has 0 saturated heterocycles. The monoisotopic (exact) mass is 273 g/mol. The molecule has 5 nitrogen and oxygen atoms in total. The van der Waals surface area contributed by atoms with E-state index in [0.29, 0.717) is 17.2 Å². The molecule has 0 amide bonds. The molecule has 2 aromatic heterocycles.